The van der Waals surface area contributed by atoms with E-state index in [1.165, 1.54) is 17.0 Å². The number of amides is 1. The first-order chi connectivity index (χ1) is 10.5. The van der Waals surface area contributed by atoms with Gasteiger partial charge in [0, 0.05) is 6.54 Å². The van der Waals surface area contributed by atoms with Crippen molar-refractivity contribution in [1.82, 2.24) is 14.5 Å². The second-order valence-corrected chi connectivity index (χ2v) is 5.19. The van der Waals surface area contributed by atoms with Crippen LogP contribution in [0.25, 0.3) is 5.69 Å². The summed E-state index contributed by atoms with van der Waals surface area (Å²) in [6.07, 6.45) is -0.660. The highest BCUT2D eigenvalue weighted by atomic mass is 19.1. The van der Waals surface area contributed by atoms with E-state index in [2.05, 4.69) is 4.98 Å². The Bertz CT molecular complexity index is 846. The minimum absolute atomic E-state index is 0.00307. The fraction of sp³-hybridized carbons (Fsp3) is 0.214. The minimum Gasteiger partial charge on any atom is -0.476 e. The minimum atomic E-state index is -1.41. The van der Waals surface area contributed by atoms with E-state index in [9.17, 15) is 23.5 Å². The highest BCUT2D eigenvalue weighted by molar-refractivity contribution is 6.00. The van der Waals surface area contributed by atoms with Crippen molar-refractivity contribution in [2.24, 2.45) is 0 Å². The third-order valence-electron chi connectivity index (χ3n) is 4.11. The Balaban J connectivity index is 2.13. The van der Waals surface area contributed by atoms with Crippen molar-refractivity contribution in [3.63, 3.8) is 0 Å². The van der Waals surface area contributed by atoms with Crippen LogP contribution in [0.3, 0.4) is 0 Å². The molecule has 0 spiro atoms. The van der Waals surface area contributed by atoms with Gasteiger partial charge in [-0.25, -0.2) is 9.18 Å². The quantitative estimate of drug-likeness (QED) is 0.871. The summed E-state index contributed by atoms with van der Waals surface area (Å²) in [7, 11) is 0. The average Bonchev–Trinajstić information content (AvgIpc) is 2.71. The van der Waals surface area contributed by atoms with Crippen molar-refractivity contribution in [1.29, 1.82) is 0 Å². The third-order valence-corrected chi connectivity index (χ3v) is 4.11. The van der Waals surface area contributed by atoms with Gasteiger partial charge in [-0.3, -0.25) is 9.36 Å². The smallest absolute Gasteiger partial charge is 0.356 e. The van der Waals surface area contributed by atoms with E-state index >= 15 is 0 Å². The highest BCUT2D eigenvalue weighted by Gasteiger charge is 2.44. The molecule has 1 aromatic carbocycles. The second-order valence-electron chi connectivity index (χ2n) is 5.19. The normalized spacial score (nSPS) is 18.9. The first-order valence-electron chi connectivity index (χ1n) is 6.62. The molecular formula is C14H9F2N3O3. The fourth-order valence-corrected chi connectivity index (χ4v) is 3.07. The van der Waals surface area contributed by atoms with Crippen LogP contribution in [0, 0.1) is 11.9 Å². The summed E-state index contributed by atoms with van der Waals surface area (Å²) in [6.45, 7) is 0.408. The molecule has 0 aliphatic carbocycles. The predicted octanol–water partition coefficient (Wildman–Crippen LogP) is 1.75. The van der Waals surface area contributed by atoms with Crippen molar-refractivity contribution in [2.75, 3.05) is 6.54 Å². The molecule has 2 aliphatic rings. The molecule has 2 aromatic rings. The number of hydrogen-bond donors (Lipinski definition) is 1. The van der Waals surface area contributed by atoms with Crippen LogP contribution in [0.4, 0.5) is 8.78 Å². The number of aromatic nitrogens is 2. The summed E-state index contributed by atoms with van der Waals surface area (Å²) >= 11 is 0. The lowest BCUT2D eigenvalue weighted by atomic mass is 9.97. The molecular weight excluding hydrogens is 296 g/mol. The Hall–Kier alpha value is -2.77. The Morgan fingerprint density at radius 3 is 2.77 bits per heavy atom. The molecule has 1 atom stereocenters. The van der Waals surface area contributed by atoms with Crippen LogP contribution in [0.1, 0.15) is 39.0 Å². The molecule has 0 saturated carbocycles. The molecule has 8 heteroatoms. The number of benzene rings is 1. The molecule has 0 bridgehead atoms. The average molecular weight is 305 g/mol. The van der Waals surface area contributed by atoms with Gasteiger partial charge in [-0.05, 0) is 18.6 Å². The molecule has 1 fully saturated rings. The molecule has 3 heterocycles. The lowest BCUT2D eigenvalue weighted by Crippen LogP contribution is -2.45. The molecule has 4 rings (SSSR count). The number of carboxylic acid groups (broad SMARTS) is 1. The third kappa shape index (κ3) is 1.44. The van der Waals surface area contributed by atoms with Crippen molar-refractivity contribution in [2.45, 2.75) is 12.5 Å². The summed E-state index contributed by atoms with van der Waals surface area (Å²) < 4.78 is 29.3. The Morgan fingerprint density at radius 2 is 2.14 bits per heavy atom. The van der Waals surface area contributed by atoms with Gasteiger partial charge in [-0.1, -0.05) is 6.07 Å². The van der Waals surface area contributed by atoms with Crippen LogP contribution in [0.5, 0.6) is 0 Å². The highest BCUT2D eigenvalue weighted by Crippen LogP contribution is 2.42. The number of carbonyl (C=O) groups is 2. The Labute approximate surface area is 122 Å². The SMILES string of the molecule is O=C(O)c1nc(F)n2c1C1CCN1C(=O)c1cccc(F)c1-2. The van der Waals surface area contributed by atoms with Crippen LogP contribution in [0.15, 0.2) is 18.2 Å². The summed E-state index contributed by atoms with van der Waals surface area (Å²) in [5.41, 5.74) is -0.768. The molecule has 1 N–H and O–H groups in total. The van der Waals surface area contributed by atoms with Crippen LogP contribution >= 0.6 is 0 Å². The summed E-state index contributed by atoms with van der Waals surface area (Å²) in [5.74, 6) is -2.65. The van der Waals surface area contributed by atoms with Crippen molar-refractivity contribution in [3.05, 3.63) is 47.0 Å². The molecule has 1 saturated heterocycles. The molecule has 0 radical (unpaired) electrons. The lowest BCUT2D eigenvalue weighted by Gasteiger charge is -2.39. The number of aromatic carboxylic acids is 1. The maximum atomic E-state index is 14.2. The number of carbonyl (C=O) groups excluding carboxylic acids is 1. The van der Waals surface area contributed by atoms with Gasteiger partial charge in [-0.15, -0.1) is 0 Å². The van der Waals surface area contributed by atoms with Gasteiger partial charge in [-0.2, -0.15) is 9.37 Å². The summed E-state index contributed by atoms with van der Waals surface area (Å²) in [4.78, 5) is 28.6. The maximum absolute atomic E-state index is 14.2. The van der Waals surface area contributed by atoms with Crippen molar-refractivity contribution in [3.8, 4) is 5.69 Å². The van der Waals surface area contributed by atoms with Crippen molar-refractivity contribution < 1.29 is 23.5 Å². The zero-order valence-corrected chi connectivity index (χ0v) is 11.1. The number of rotatable bonds is 1. The fourth-order valence-electron chi connectivity index (χ4n) is 3.07. The second kappa shape index (κ2) is 4.12. The molecule has 1 aromatic heterocycles. The summed E-state index contributed by atoms with van der Waals surface area (Å²) in [6, 6.07) is 3.24. The van der Waals surface area contributed by atoms with Gasteiger partial charge in [0.1, 0.15) is 5.82 Å². The van der Waals surface area contributed by atoms with E-state index in [1.54, 1.807) is 0 Å². The first kappa shape index (κ1) is 12.9. The van der Waals surface area contributed by atoms with Gasteiger partial charge < -0.3 is 10.0 Å². The summed E-state index contributed by atoms with van der Waals surface area (Å²) in [5, 5.41) is 9.22. The van der Waals surface area contributed by atoms with Gasteiger partial charge >= 0.3 is 5.97 Å². The lowest BCUT2D eigenvalue weighted by molar-refractivity contribution is 0.0448. The Morgan fingerprint density at radius 1 is 1.36 bits per heavy atom. The molecule has 6 nitrogen and oxygen atoms in total. The number of para-hydroxylation sites is 1. The molecule has 1 amide bonds. The number of hydrogen-bond acceptors (Lipinski definition) is 3. The maximum Gasteiger partial charge on any atom is 0.356 e. The van der Waals surface area contributed by atoms with Crippen molar-refractivity contribution >= 4 is 11.9 Å². The van der Waals surface area contributed by atoms with Crippen LogP contribution in [-0.2, 0) is 0 Å². The van der Waals surface area contributed by atoms with E-state index in [-0.39, 0.29) is 16.9 Å². The van der Waals surface area contributed by atoms with E-state index < -0.39 is 35.5 Å². The zero-order valence-electron chi connectivity index (χ0n) is 11.1. The number of nitrogens with zero attached hydrogens (tertiary/aromatic N) is 3. The largest absolute Gasteiger partial charge is 0.476 e. The van der Waals surface area contributed by atoms with E-state index in [0.717, 1.165) is 10.6 Å². The zero-order chi connectivity index (χ0) is 15.6. The van der Waals surface area contributed by atoms with Gasteiger partial charge in [0.05, 0.1) is 23.0 Å². The van der Waals surface area contributed by atoms with Gasteiger partial charge in [0.2, 0.25) is 0 Å². The number of imidazole rings is 1. The van der Waals surface area contributed by atoms with Gasteiger partial charge in [0.25, 0.3) is 12.0 Å². The van der Waals surface area contributed by atoms with Gasteiger partial charge in [0.15, 0.2) is 5.69 Å². The number of fused-ring (bicyclic) bond motifs is 5. The molecule has 2 aliphatic heterocycles. The first-order valence-corrected chi connectivity index (χ1v) is 6.62. The molecule has 1 unspecified atom stereocenters. The topological polar surface area (TPSA) is 75.4 Å². The molecule has 112 valence electrons. The van der Waals surface area contributed by atoms with E-state index in [4.69, 9.17) is 0 Å². The van der Waals surface area contributed by atoms with Crippen LogP contribution in [0.2, 0.25) is 0 Å². The van der Waals surface area contributed by atoms with Crippen LogP contribution in [-0.4, -0.2) is 38.0 Å². The molecule has 22 heavy (non-hydrogen) atoms. The number of carboxylic acids is 1. The van der Waals surface area contributed by atoms with E-state index in [0.29, 0.717) is 13.0 Å². The van der Waals surface area contributed by atoms with Crippen LogP contribution < -0.4 is 0 Å². The monoisotopic (exact) mass is 305 g/mol. The van der Waals surface area contributed by atoms with E-state index in [1.807, 2.05) is 0 Å². The predicted molar refractivity (Wildman–Crippen MR) is 68.8 cm³/mol. The number of halogens is 2. The Kier molecular flexibility index (Phi) is 2.42. The standard InChI is InChI=1S/C14H9F2N3O3/c15-7-3-1-2-6-10(7)19-11(8-4-5-18(8)12(6)20)9(13(21)22)17-14(19)16/h1-3,8H,4-5H2,(H,21,22).